The molecule has 1 N–H and O–H groups in total. The van der Waals surface area contributed by atoms with E-state index in [0.717, 1.165) is 30.8 Å². The second-order valence-corrected chi connectivity index (χ2v) is 6.52. The molecule has 0 aromatic carbocycles. The van der Waals surface area contributed by atoms with Gasteiger partial charge in [-0.25, -0.2) is 0 Å². The van der Waals surface area contributed by atoms with Crippen LogP contribution in [0.1, 0.15) is 18.7 Å². The fraction of sp³-hybridized carbons (Fsp3) is 0.438. The van der Waals surface area contributed by atoms with Crippen LogP contribution in [-0.4, -0.2) is 40.6 Å². The predicted molar refractivity (Wildman–Crippen MR) is 88.8 cm³/mol. The normalized spacial score (nSPS) is 16.3. The second kappa shape index (κ2) is 7.52. The van der Waals surface area contributed by atoms with Crippen LogP contribution in [0.2, 0.25) is 0 Å². The fourth-order valence-corrected chi connectivity index (χ4v) is 3.34. The lowest BCUT2D eigenvalue weighted by Gasteiger charge is -2.30. The quantitative estimate of drug-likeness (QED) is 0.822. The van der Waals surface area contributed by atoms with E-state index in [4.69, 9.17) is 4.52 Å². The van der Waals surface area contributed by atoms with Gasteiger partial charge in [0.25, 0.3) is 0 Å². The second-order valence-electron chi connectivity index (χ2n) is 5.57. The number of hydrogen-bond donors (Lipinski definition) is 1. The molecule has 0 spiro atoms. The number of carbonyl (C=O) groups is 1. The number of thiophene rings is 1. The van der Waals surface area contributed by atoms with Crippen LogP contribution in [0.15, 0.2) is 34.7 Å². The van der Waals surface area contributed by atoms with Gasteiger partial charge >= 0.3 is 0 Å². The highest BCUT2D eigenvalue weighted by Crippen LogP contribution is 2.23. The summed E-state index contributed by atoms with van der Waals surface area (Å²) in [5.41, 5.74) is 0. The molecule has 122 valence electrons. The van der Waals surface area contributed by atoms with E-state index in [1.54, 1.807) is 17.4 Å². The van der Waals surface area contributed by atoms with Gasteiger partial charge in [0.15, 0.2) is 0 Å². The lowest BCUT2D eigenvalue weighted by atomic mass is 9.96. The molecule has 0 radical (unpaired) electrons. The molecule has 3 rings (SSSR count). The minimum absolute atomic E-state index is 0.0931. The summed E-state index contributed by atoms with van der Waals surface area (Å²) in [5, 5.41) is 8.89. The van der Waals surface area contributed by atoms with Gasteiger partial charge in [-0.2, -0.15) is 4.98 Å². The number of carbonyl (C=O) groups excluding carboxylic acids is 1. The third-order valence-electron chi connectivity index (χ3n) is 3.95. The van der Waals surface area contributed by atoms with E-state index in [1.165, 1.54) is 0 Å². The molecule has 0 atom stereocenters. The van der Waals surface area contributed by atoms with Gasteiger partial charge in [-0.1, -0.05) is 17.3 Å². The monoisotopic (exact) mass is 332 g/mol. The summed E-state index contributed by atoms with van der Waals surface area (Å²) < 4.78 is 5.33. The standard InChI is InChI=1S/C16H20N4O2S/c1-2-7-17-16(21)12-5-8-20(9-6-12)11-14-18-15(19-22-14)13-4-3-10-23-13/h2-4,10,12H,1,5-9,11H2,(H,17,21). The van der Waals surface area contributed by atoms with Gasteiger partial charge < -0.3 is 9.84 Å². The van der Waals surface area contributed by atoms with Crippen LogP contribution in [0.25, 0.3) is 10.7 Å². The van der Waals surface area contributed by atoms with E-state index >= 15 is 0 Å². The van der Waals surface area contributed by atoms with Crippen LogP contribution in [0.5, 0.6) is 0 Å². The molecule has 0 unspecified atom stereocenters. The van der Waals surface area contributed by atoms with E-state index in [-0.39, 0.29) is 11.8 Å². The van der Waals surface area contributed by atoms with Crippen LogP contribution in [0, 0.1) is 5.92 Å². The Balaban J connectivity index is 1.49. The first-order valence-electron chi connectivity index (χ1n) is 7.73. The molecule has 1 amide bonds. The van der Waals surface area contributed by atoms with Gasteiger partial charge in [0, 0.05) is 12.5 Å². The molecule has 23 heavy (non-hydrogen) atoms. The van der Waals surface area contributed by atoms with E-state index in [2.05, 4.69) is 26.9 Å². The molecule has 7 heteroatoms. The van der Waals surface area contributed by atoms with Gasteiger partial charge in [0.2, 0.25) is 17.6 Å². The molecule has 2 aromatic rings. The van der Waals surface area contributed by atoms with Gasteiger partial charge in [-0.05, 0) is 37.4 Å². The zero-order valence-electron chi connectivity index (χ0n) is 12.9. The molecule has 1 saturated heterocycles. The minimum atomic E-state index is 0.0931. The number of nitrogens with zero attached hydrogens (tertiary/aromatic N) is 3. The lowest BCUT2D eigenvalue weighted by molar-refractivity contribution is -0.126. The first kappa shape index (κ1) is 15.9. The van der Waals surface area contributed by atoms with Crippen molar-refractivity contribution in [2.45, 2.75) is 19.4 Å². The Morgan fingerprint density at radius 1 is 1.52 bits per heavy atom. The molecular formula is C16H20N4O2S. The molecular weight excluding hydrogens is 312 g/mol. The summed E-state index contributed by atoms with van der Waals surface area (Å²) in [7, 11) is 0. The van der Waals surface area contributed by atoms with Gasteiger partial charge in [-0.15, -0.1) is 17.9 Å². The van der Waals surface area contributed by atoms with Crippen molar-refractivity contribution in [1.29, 1.82) is 0 Å². The Hall–Kier alpha value is -1.99. The highest BCUT2D eigenvalue weighted by atomic mass is 32.1. The zero-order chi connectivity index (χ0) is 16.1. The van der Waals surface area contributed by atoms with Crippen LogP contribution >= 0.6 is 11.3 Å². The zero-order valence-corrected chi connectivity index (χ0v) is 13.7. The SMILES string of the molecule is C=CCNC(=O)C1CCN(Cc2nc(-c3cccs3)no2)CC1. The Labute approximate surface area is 139 Å². The maximum Gasteiger partial charge on any atom is 0.241 e. The minimum Gasteiger partial charge on any atom is -0.352 e. The summed E-state index contributed by atoms with van der Waals surface area (Å²) in [6.45, 7) is 6.51. The highest BCUT2D eigenvalue weighted by molar-refractivity contribution is 7.13. The average Bonchev–Trinajstić information content (AvgIpc) is 3.24. The third kappa shape index (κ3) is 4.05. The van der Waals surface area contributed by atoms with Crippen molar-refractivity contribution in [3.05, 3.63) is 36.1 Å². The molecule has 1 fully saturated rings. The number of hydrogen-bond acceptors (Lipinski definition) is 6. The first-order valence-corrected chi connectivity index (χ1v) is 8.61. The Kier molecular flexibility index (Phi) is 5.19. The van der Waals surface area contributed by atoms with Gasteiger partial charge in [0.1, 0.15) is 0 Å². The van der Waals surface area contributed by atoms with E-state index in [0.29, 0.717) is 24.8 Å². The van der Waals surface area contributed by atoms with Crippen LogP contribution < -0.4 is 5.32 Å². The summed E-state index contributed by atoms with van der Waals surface area (Å²) >= 11 is 1.60. The molecule has 2 aromatic heterocycles. The first-order chi connectivity index (χ1) is 11.3. The van der Waals surface area contributed by atoms with Crippen LogP contribution in [0.4, 0.5) is 0 Å². The molecule has 0 bridgehead atoms. The lowest BCUT2D eigenvalue weighted by Crippen LogP contribution is -2.40. The Bertz CT molecular complexity index is 645. The van der Waals surface area contributed by atoms with Crippen LogP contribution in [0.3, 0.4) is 0 Å². The number of piperidine rings is 1. The van der Waals surface area contributed by atoms with Crippen molar-refractivity contribution in [2.75, 3.05) is 19.6 Å². The fourth-order valence-electron chi connectivity index (χ4n) is 2.69. The topological polar surface area (TPSA) is 71.3 Å². The summed E-state index contributed by atoms with van der Waals surface area (Å²) in [6.07, 6.45) is 3.41. The number of nitrogens with one attached hydrogen (secondary N) is 1. The predicted octanol–water partition coefficient (Wildman–Crippen LogP) is 2.31. The largest absolute Gasteiger partial charge is 0.352 e. The number of likely N-dealkylation sites (tertiary alicyclic amines) is 1. The highest BCUT2D eigenvalue weighted by Gasteiger charge is 2.25. The molecule has 1 aliphatic heterocycles. The van der Waals surface area contributed by atoms with Crippen molar-refractivity contribution in [2.24, 2.45) is 5.92 Å². The number of aromatic nitrogens is 2. The summed E-state index contributed by atoms with van der Waals surface area (Å²) in [6, 6.07) is 3.95. The van der Waals surface area contributed by atoms with Crippen LogP contribution in [-0.2, 0) is 11.3 Å². The maximum absolute atomic E-state index is 11.9. The van der Waals surface area contributed by atoms with E-state index in [1.807, 2.05) is 17.5 Å². The van der Waals surface area contributed by atoms with Crippen molar-refractivity contribution >= 4 is 17.2 Å². The van der Waals surface area contributed by atoms with Gasteiger partial charge in [0.05, 0.1) is 11.4 Å². The Morgan fingerprint density at radius 2 is 2.35 bits per heavy atom. The summed E-state index contributed by atoms with van der Waals surface area (Å²) in [4.78, 5) is 19.6. The van der Waals surface area contributed by atoms with E-state index in [9.17, 15) is 4.79 Å². The maximum atomic E-state index is 11.9. The third-order valence-corrected chi connectivity index (χ3v) is 4.81. The molecule has 3 heterocycles. The summed E-state index contributed by atoms with van der Waals surface area (Å²) in [5.74, 6) is 1.49. The van der Waals surface area contributed by atoms with Crippen molar-refractivity contribution in [3.63, 3.8) is 0 Å². The van der Waals surface area contributed by atoms with Gasteiger partial charge in [-0.3, -0.25) is 9.69 Å². The molecule has 6 nitrogen and oxygen atoms in total. The van der Waals surface area contributed by atoms with Crippen molar-refractivity contribution in [1.82, 2.24) is 20.4 Å². The number of amides is 1. The van der Waals surface area contributed by atoms with Crippen molar-refractivity contribution in [3.8, 4) is 10.7 Å². The smallest absolute Gasteiger partial charge is 0.241 e. The molecule has 0 aliphatic carbocycles. The Morgan fingerprint density at radius 3 is 3.04 bits per heavy atom. The molecule has 1 aliphatic rings. The molecule has 0 saturated carbocycles. The van der Waals surface area contributed by atoms with E-state index < -0.39 is 0 Å². The average molecular weight is 332 g/mol. The van der Waals surface area contributed by atoms with Crippen molar-refractivity contribution < 1.29 is 9.32 Å². The number of rotatable bonds is 6.